The van der Waals surface area contributed by atoms with Crippen molar-refractivity contribution >= 4 is 6.03 Å². The summed E-state index contributed by atoms with van der Waals surface area (Å²) in [5, 5.41) is 7.50. The van der Waals surface area contributed by atoms with Gasteiger partial charge in [-0.15, -0.1) is 0 Å². The first kappa shape index (κ1) is 19.2. The van der Waals surface area contributed by atoms with Gasteiger partial charge in [-0.05, 0) is 58.7 Å². The van der Waals surface area contributed by atoms with Gasteiger partial charge in [-0.1, -0.05) is 0 Å². The molecule has 2 fully saturated rings. The van der Waals surface area contributed by atoms with E-state index in [-0.39, 0.29) is 23.7 Å². The predicted molar refractivity (Wildman–Crippen MR) is 101 cm³/mol. The van der Waals surface area contributed by atoms with E-state index in [1.165, 1.54) is 5.69 Å². The number of hydrogen-bond donors (Lipinski definition) is 1. The van der Waals surface area contributed by atoms with Gasteiger partial charge >= 0.3 is 6.03 Å². The number of nitrogens with one attached hydrogen (secondary N) is 1. The lowest BCUT2D eigenvalue weighted by molar-refractivity contribution is 0.0223. The SMILES string of the molecule is CN(C[C@@H]1CCCN(C)[C@H]1c1ccnn1C)C(=O)NC1CCOC1(C)C. The van der Waals surface area contributed by atoms with Crippen molar-refractivity contribution < 1.29 is 9.53 Å². The molecule has 2 aliphatic heterocycles. The van der Waals surface area contributed by atoms with Crippen molar-refractivity contribution in [3.05, 3.63) is 18.0 Å². The molecule has 3 rings (SSSR count). The Hall–Kier alpha value is -1.60. The Morgan fingerprint density at radius 1 is 1.42 bits per heavy atom. The molecule has 2 saturated heterocycles. The Morgan fingerprint density at radius 2 is 2.19 bits per heavy atom. The minimum Gasteiger partial charge on any atom is -0.373 e. The van der Waals surface area contributed by atoms with E-state index >= 15 is 0 Å². The molecule has 0 aromatic carbocycles. The van der Waals surface area contributed by atoms with E-state index in [0.29, 0.717) is 12.5 Å². The molecule has 1 N–H and O–H groups in total. The van der Waals surface area contributed by atoms with E-state index in [2.05, 4.69) is 28.4 Å². The predicted octanol–water partition coefficient (Wildman–Crippen LogP) is 2.01. The standard InChI is InChI=1S/C19H33N5O2/c1-19(2)16(9-12-26-19)21-18(25)23(4)13-14-7-6-11-22(3)17(14)15-8-10-20-24(15)5/h8,10,14,16-17H,6-7,9,11-13H2,1-5H3,(H,21,25)/t14-,16?,17+/m0/s1. The van der Waals surface area contributed by atoms with Crippen LogP contribution in [-0.2, 0) is 11.8 Å². The van der Waals surface area contributed by atoms with Crippen LogP contribution in [0.25, 0.3) is 0 Å². The number of rotatable bonds is 4. The van der Waals surface area contributed by atoms with Crippen LogP contribution in [0, 0.1) is 5.92 Å². The normalized spacial score (nSPS) is 28.9. The maximum Gasteiger partial charge on any atom is 0.317 e. The first-order valence-corrected chi connectivity index (χ1v) is 9.63. The first-order valence-electron chi connectivity index (χ1n) is 9.63. The Balaban J connectivity index is 1.65. The largest absolute Gasteiger partial charge is 0.373 e. The second-order valence-corrected chi connectivity index (χ2v) is 8.33. The fourth-order valence-electron chi connectivity index (χ4n) is 4.42. The average Bonchev–Trinajstić information content (AvgIpc) is 3.13. The summed E-state index contributed by atoms with van der Waals surface area (Å²) in [4.78, 5) is 17.0. The van der Waals surface area contributed by atoms with Crippen LogP contribution in [0.3, 0.4) is 0 Å². The molecule has 2 aliphatic rings. The van der Waals surface area contributed by atoms with Gasteiger partial charge in [-0.2, -0.15) is 5.10 Å². The molecule has 0 radical (unpaired) electrons. The number of hydrogen-bond acceptors (Lipinski definition) is 4. The third-order valence-corrected chi connectivity index (χ3v) is 6.04. The number of aromatic nitrogens is 2. The van der Waals surface area contributed by atoms with E-state index in [4.69, 9.17) is 4.74 Å². The van der Waals surface area contributed by atoms with Crippen molar-refractivity contribution in [3.63, 3.8) is 0 Å². The number of amides is 2. The fraction of sp³-hybridized carbons (Fsp3) is 0.789. The van der Waals surface area contributed by atoms with Crippen molar-refractivity contribution in [2.45, 2.75) is 50.8 Å². The topological polar surface area (TPSA) is 62.6 Å². The summed E-state index contributed by atoms with van der Waals surface area (Å²) in [6, 6.07) is 2.44. The molecule has 0 spiro atoms. The summed E-state index contributed by atoms with van der Waals surface area (Å²) < 4.78 is 7.68. The lowest BCUT2D eigenvalue weighted by Gasteiger charge is -2.41. The molecule has 26 heavy (non-hydrogen) atoms. The highest BCUT2D eigenvalue weighted by atomic mass is 16.5. The van der Waals surface area contributed by atoms with E-state index in [0.717, 1.165) is 32.4 Å². The van der Waals surface area contributed by atoms with Gasteiger partial charge < -0.3 is 15.0 Å². The van der Waals surface area contributed by atoms with Crippen LogP contribution < -0.4 is 5.32 Å². The molecule has 0 saturated carbocycles. The molecular weight excluding hydrogens is 330 g/mol. The van der Waals surface area contributed by atoms with Gasteiger partial charge in [0.05, 0.1) is 23.4 Å². The van der Waals surface area contributed by atoms with Gasteiger partial charge in [-0.25, -0.2) is 4.79 Å². The van der Waals surface area contributed by atoms with Gasteiger partial charge in [0, 0.05) is 33.4 Å². The van der Waals surface area contributed by atoms with Crippen LogP contribution in [0.1, 0.15) is 44.8 Å². The zero-order valence-electron chi connectivity index (χ0n) is 16.7. The van der Waals surface area contributed by atoms with Crippen LogP contribution in [-0.4, -0.2) is 71.0 Å². The number of carbonyl (C=O) groups excluding carboxylic acids is 1. The van der Waals surface area contributed by atoms with E-state index in [9.17, 15) is 4.79 Å². The van der Waals surface area contributed by atoms with Gasteiger partial charge in [0.1, 0.15) is 0 Å². The summed E-state index contributed by atoms with van der Waals surface area (Å²) in [6.07, 6.45) is 5.01. The van der Waals surface area contributed by atoms with E-state index < -0.39 is 0 Å². The highest BCUT2D eigenvalue weighted by molar-refractivity contribution is 5.74. The number of ether oxygens (including phenoxy) is 1. The van der Waals surface area contributed by atoms with Gasteiger partial charge in [0.2, 0.25) is 0 Å². The number of aryl methyl sites for hydroxylation is 1. The smallest absolute Gasteiger partial charge is 0.317 e. The second kappa shape index (κ2) is 7.56. The zero-order valence-corrected chi connectivity index (χ0v) is 16.7. The molecule has 0 aliphatic carbocycles. The van der Waals surface area contributed by atoms with Crippen molar-refractivity contribution in [2.75, 3.05) is 33.8 Å². The summed E-state index contributed by atoms with van der Waals surface area (Å²) in [5.41, 5.74) is 0.926. The molecule has 3 heterocycles. The fourth-order valence-corrected chi connectivity index (χ4v) is 4.42. The minimum absolute atomic E-state index is 0.00874. The highest BCUT2D eigenvalue weighted by Gasteiger charge is 2.38. The first-order chi connectivity index (χ1) is 12.3. The maximum absolute atomic E-state index is 12.7. The number of urea groups is 1. The third-order valence-electron chi connectivity index (χ3n) is 6.04. The van der Waals surface area contributed by atoms with Crippen LogP contribution >= 0.6 is 0 Å². The molecular formula is C19H33N5O2. The van der Waals surface area contributed by atoms with Crippen molar-refractivity contribution in [3.8, 4) is 0 Å². The zero-order chi connectivity index (χ0) is 18.9. The van der Waals surface area contributed by atoms with E-state index in [1.807, 2.05) is 43.7 Å². The number of carbonyl (C=O) groups is 1. The summed E-state index contributed by atoms with van der Waals surface area (Å²) >= 11 is 0. The molecule has 7 heteroatoms. The minimum atomic E-state index is -0.293. The molecule has 3 atom stereocenters. The lowest BCUT2D eigenvalue weighted by atomic mass is 9.87. The van der Waals surface area contributed by atoms with Crippen LogP contribution in [0.4, 0.5) is 4.79 Å². The monoisotopic (exact) mass is 363 g/mol. The molecule has 1 unspecified atom stereocenters. The average molecular weight is 364 g/mol. The van der Waals surface area contributed by atoms with Gasteiger partial charge in [-0.3, -0.25) is 9.58 Å². The molecule has 1 aromatic heterocycles. The number of nitrogens with zero attached hydrogens (tertiary/aromatic N) is 4. The Morgan fingerprint density at radius 3 is 2.81 bits per heavy atom. The Bertz CT molecular complexity index is 629. The van der Waals surface area contributed by atoms with Crippen molar-refractivity contribution in [1.29, 1.82) is 0 Å². The van der Waals surface area contributed by atoms with Crippen molar-refractivity contribution in [1.82, 2.24) is 24.9 Å². The van der Waals surface area contributed by atoms with Gasteiger partial charge in [0.25, 0.3) is 0 Å². The Kier molecular flexibility index (Phi) is 5.58. The third kappa shape index (κ3) is 3.88. The van der Waals surface area contributed by atoms with Crippen LogP contribution in [0.2, 0.25) is 0 Å². The molecule has 7 nitrogen and oxygen atoms in total. The lowest BCUT2D eigenvalue weighted by Crippen LogP contribution is -2.52. The molecule has 2 amide bonds. The maximum atomic E-state index is 12.7. The summed E-state index contributed by atoms with van der Waals surface area (Å²) in [6.45, 7) is 6.60. The van der Waals surface area contributed by atoms with E-state index in [1.54, 1.807) is 0 Å². The Labute approximate surface area is 156 Å². The molecule has 0 bridgehead atoms. The van der Waals surface area contributed by atoms with Crippen molar-refractivity contribution in [2.24, 2.45) is 13.0 Å². The number of likely N-dealkylation sites (tertiary alicyclic amines) is 1. The summed E-state index contributed by atoms with van der Waals surface area (Å²) in [5.74, 6) is 0.396. The number of piperidine rings is 1. The molecule has 146 valence electrons. The summed E-state index contributed by atoms with van der Waals surface area (Å²) in [7, 11) is 6.06. The van der Waals surface area contributed by atoms with Crippen LogP contribution in [0.15, 0.2) is 12.3 Å². The highest BCUT2D eigenvalue weighted by Crippen LogP contribution is 2.35. The molecule has 1 aromatic rings. The quantitative estimate of drug-likeness (QED) is 0.889. The van der Waals surface area contributed by atoms with Gasteiger partial charge in [0.15, 0.2) is 0 Å². The second-order valence-electron chi connectivity index (χ2n) is 8.33. The van der Waals surface area contributed by atoms with Crippen LogP contribution in [0.5, 0.6) is 0 Å².